The van der Waals surface area contributed by atoms with E-state index in [0.29, 0.717) is 5.75 Å². The van der Waals surface area contributed by atoms with Gasteiger partial charge in [-0.1, -0.05) is 18.2 Å². The lowest BCUT2D eigenvalue weighted by Gasteiger charge is -2.02. The molecule has 0 amide bonds. The topological polar surface area (TPSA) is 55.4 Å². The number of para-hydroxylation sites is 1. The van der Waals surface area contributed by atoms with Crippen molar-refractivity contribution in [2.45, 2.75) is 0 Å². The molecule has 0 saturated carbocycles. The Morgan fingerprint density at radius 3 is 2.54 bits per heavy atom. The summed E-state index contributed by atoms with van der Waals surface area (Å²) in [6, 6.07) is 8.51. The minimum atomic E-state index is -0.845. The fourth-order valence-electron chi connectivity index (χ4n) is 0.739. The van der Waals surface area contributed by atoms with Gasteiger partial charge in [-0.2, -0.15) is 0 Å². The Bertz CT molecular complexity index is 258. The van der Waals surface area contributed by atoms with Crippen molar-refractivity contribution in [3.63, 3.8) is 0 Å². The highest BCUT2D eigenvalue weighted by Gasteiger charge is 2.03. The Balaban J connectivity index is 2.37. The fourth-order valence-corrected chi connectivity index (χ4v) is 0.739. The molecule has 0 N–H and O–H groups in total. The summed E-state index contributed by atoms with van der Waals surface area (Å²) in [7, 11) is 0. The van der Waals surface area contributed by atoms with Gasteiger partial charge in [0.2, 0.25) is 0 Å². The Hall–Kier alpha value is -1.55. The zero-order valence-corrected chi connectivity index (χ0v) is 6.93. The van der Waals surface area contributed by atoms with Gasteiger partial charge in [0, 0.05) is 0 Å². The van der Waals surface area contributed by atoms with Crippen LogP contribution >= 0.6 is 0 Å². The van der Waals surface area contributed by atoms with Crippen LogP contribution < -0.4 is 4.74 Å². The molecule has 0 saturated heterocycles. The molecule has 0 heterocycles. The van der Waals surface area contributed by atoms with E-state index in [1.54, 1.807) is 30.3 Å². The Morgan fingerprint density at radius 2 is 1.92 bits per heavy atom. The highest BCUT2D eigenvalue weighted by atomic mass is 16.7. The molecule has 0 bridgehead atoms. The van der Waals surface area contributed by atoms with Crippen LogP contribution in [0.3, 0.4) is 0 Å². The maximum Gasteiger partial charge on any atom is 0.513 e. The van der Waals surface area contributed by atoms with Crippen LogP contribution in [0.4, 0.5) is 4.79 Å². The standard InChI is InChI=1S/C9H9O4/c10-6-7-12-9(11)13-8-4-2-1-3-5-8/h1-5H,6-7H2. The predicted molar refractivity (Wildman–Crippen MR) is 44.0 cm³/mol. The summed E-state index contributed by atoms with van der Waals surface area (Å²) in [4.78, 5) is 10.8. The summed E-state index contributed by atoms with van der Waals surface area (Å²) in [5.74, 6) is 0.401. The SMILES string of the molecule is [O]CCOC(=O)Oc1ccccc1. The maximum atomic E-state index is 10.8. The van der Waals surface area contributed by atoms with Crippen LogP contribution in [0.25, 0.3) is 0 Å². The van der Waals surface area contributed by atoms with Gasteiger partial charge in [-0.3, -0.25) is 0 Å². The van der Waals surface area contributed by atoms with Crippen LogP contribution in [-0.4, -0.2) is 19.4 Å². The molecule has 0 fully saturated rings. The first kappa shape index (κ1) is 9.54. The third-order valence-corrected chi connectivity index (χ3v) is 1.25. The molecule has 13 heavy (non-hydrogen) atoms. The smallest absolute Gasteiger partial charge is 0.431 e. The summed E-state index contributed by atoms with van der Waals surface area (Å²) in [6.07, 6.45) is -0.845. The second-order valence-electron chi connectivity index (χ2n) is 2.22. The fraction of sp³-hybridized carbons (Fsp3) is 0.222. The van der Waals surface area contributed by atoms with Gasteiger partial charge in [-0.25, -0.2) is 9.90 Å². The zero-order valence-electron chi connectivity index (χ0n) is 6.93. The van der Waals surface area contributed by atoms with E-state index >= 15 is 0 Å². The van der Waals surface area contributed by atoms with Crippen LogP contribution in [0.1, 0.15) is 0 Å². The minimum absolute atomic E-state index is 0.161. The normalized spacial score (nSPS) is 9.31. The summed E-state index contributed by atoms with van der Waals surface area (Å²) in [5, 5.41) is 9.95. The maximum absolute atomic E-state index is 10.8. The van der Waals surface area contributed by atoms with E-state index in [-0.39, 0.29) is 6.61 Å². The second kappa shape index (κ2) is 5.16. The highest BCUT2D eigenvalue weighted by Crippen LogP contribution is 2.08. The van der Waals surface area contributed by atoms with Crippen molar-refractivity contribution < 1.29 is 19.4 Å². The van der Waals surface area contributed by atoms with Crippen LogP contribution in [0.5, 0.6) is 5.75 Å². The van der Waals surface area contributed by atoms with Crippen molar-refractivity contribution in [2.75, 3.05) is 13.2 Å². The molecule has 0 spiro atoms. The molecule has 0 aliphatic heterocycles. The lowest BCUT2D eigenvalue weighted by molar-refractivity contribution is 0.0638. The van der Waals surface area contributed by atoms with Gasteiger partial charge in [0.15, 0.2) is 0 Å². The molecule has 0 unspecified atom stereocenters. The van der Waals surface area contributed by atoms with Crippen LogP contribution in [0.2, 0.25) is 0 Å². The number of rotatable bonds is 3. The van der Waals surface area contributed by atoms with Crippen LogP contribution in [-0.2, 0) is 9.84 Å². The molecule has 0 atom stereocenters. The minimum Gasteiger partial charge on any atom is -0.431 e. The van der Waals surface area contributed by atoms with Crippen molar-refractivity contribution in [1.82, 2.24) is 0 Å². The van der Waals surface area contributed by atoms with Gasteiger partial charge in [0.05, 0.1) is 0 Å². The Morgan fingerprint density at radius 1 is 1.23 bits per heavy atom. The second-order valence-corrected chi connectivity index (χ2v) is 2.22. The number of benzene rings is 1. The molecule has 0 aromatic heterocycles. The molecular formula is C9H9O4. The molecule has 1 aromatic rings. The summed E-state index contributed by atoms with van der Waals surface area (Å²) in [6.45, 7) is -0.616. The first-order chi connectivity index (χ1) is 6.33. The molecule has 0 aliphatic rings. The van der Waals surface area contributed by atoms with E-state index in [1.165, 1.54) is 0 Å². The Kier molecular flexibility index (Phi) is 3.78. The third-order valence-electron chi connectivity index (χ3n) is 1.25. The quantitative estimate of drug-likeness (QED) is 0.526. The lowest BCUT2D eigenvalue weighted by atomic mass is 10.3. The number of hydrogen-bond acceptors (Lipinski definition) is 3. The highest BCUT2D eigenvalue weighted by molar-refractivity contribution is 5.63. The van der Waals surface area contributed by atoms with E-state index in [0.717, 1.165) is 0 Å². The number of ether oxygens (including phenoxy) is 2. The number of carbonyl (C=O) groups excluding carboxylic acids is 1. The first-order valence-corrected chi connectivity index (χ1v) is 3.80. The first-order valence-electron chi connectivity index (χ1n) is 3.80. The predicted octanol–water partition coefficient (Wildman–Crippen LogP) is 1.63. The van der Waals surface area contributed by atoms with E-state index < -0.39 is 12.8 Å². The average Bonchev–Trinajstić information content (AvgIpc) is 2.16. The molecule has 1 radical (unpaired) electrons. The molecular weight excluding hydrogens is 172 g/mol. The number of carbonyl (C=O) groups is 1. The van der Waals surface area contributed by atoms with Crippen molar-refractivity contribution in [2.24, 2.45) is 0 Å². The molecule has 1 aromatic carbocycles. The Labute approximate surface area is 75.7 Å². The monoisotopic (exact) mass is 181 g/mol. The van der Waals surface area contributed by atoms with Gasteiger partial charge < -0.3 is 9.47 Å². The molecule has 0 aliphatic carbocycles. The van der Waals surface area contributed by atoms with Gasteiger partial charge >= 0.3 is 6.16 Å². The van der Waals surface area contributed by atoms with E-state index in [9.17, 15) is 9.90 Å². The average molecular weight is 181 g/mol. The van der Waals surface area contributed by atoms with Crippen molar-refractivity contribution in [3.05, 3.63) is 30.3 Å². The molecule has 4 heteroatoms. The van der Waals surface area contributed by atoms with Gasteiger partial charge in [0.25, 0.3) is 0 Å². The van der Waals surface area contributed by atoms with E-state index in [1.807, 2.05) is 0 Å². The zero-order chi connectivity index (χ0) is 9.52. The largest absolute Gasteiger partial charge is 0.513 e. The number of hydrogen-bond donors (Lipinski definition) is 0. The molecule has 4 nitrogen and oxygen atoms in total. The molecule has 69 valence electrons. The van der Waals surface area contributed by atoms with Crippen molar-refractivity contribution in [1.29, 1.82) is 0 Å². The van der Waals surface area contributed by atoms with E-state index in [2.05, 4.69) is 4.74 Å². The molecule has 1 rings (SSSR count). The van der Waals surface area contributed by atoms with Gasteiger partial charge in [-0.15, -0.1) is 0 Å². The van der Waals surface area contributed by atoms with Crippen LogP contribution in [0, 0.1) is 0 Å². The summed E-state index contributed by atoms with van der Waals surface area (Å²) < 4.78 is 9.14. The summed E-state index contributed by atoms with van der Waals surface area (Å²) in [5.41, 5.74) is 0. The third kappa shape index (κ3) is 3.57. The van der Waals surface area contributed by atoms with E-state index in [4.69, 9.17) is 4.74 Å². The van der Waals surface area contributed by atoms with Gasteiger partial charge in [-0.05, 0) is 12.1 Å². The summed E-state index contributed by atoms with van der Waals surface area (Å²) >= 11 is 0. The van der Waals surface area contributed by atoms with Crippen molar-refractivity contribution in [3.8, 4) is 5.75 Å². The van der Waals surface area contributed by atoms with Gasteiger partial charge in [0.1, 0.15) is 19.0 Å². The van der Waals surface area contributed by atoms with Crippen LogP contribution in [0.15, 0.2) is 30.3 Å². The lowest BCUT2D eigenvalue weighted by Crippen LogP contribution is -2.12. The van der Waals surface area contributed by atoms with Crippen molar-refractivity contribution >= 4 is 6.16 Å².